The Labute approximate surface area is 120 Å². The van der Waals surface area contributed by atoms with Crippen LogP contribution in [-0.4, -0.2) is 33.3 Å². The van der Waals surface area contributed by atoms with Crippen LogP contribution in [-0.2, 0) is 7.05 Å². The highest BCUT2D eigenvalue weighted by atomic mass is 35.5. The van der Waals surface area contributed by atoms with Gasteiger partial charge in [-0.15, -0.1) is 5.10 Å². The zero-order chi connectivity index (χ0) is 14.1. The number of aliphatic hydroxyl groups excluding tert-OH is 1. The van der Waals surface area contributed by atoms with Crippen LogP contribution in [0.5, 0.6) is 11.5 Å². The fourth-order valence-electron chi connectivity index (χ4n) is 2.12. The predicted molar refractivity (Wildman–Crippen MR) is 72.1 cm³/mol. The molecule has 0 aliphatic carbocycles. The molecule has 2 aromatic rings. The molecule has 106 valence electrons. The molecule has 1 aromatic heterocycles. The predicted octanol–water partition coefficient (Wildman–Crippen LogP) is 1.71. The molecule has 0 saturated carbocycles. The van der Waals surface area contributed by atoms with Gasteiger partial charge >= 0.3 is 0 Å². The third-order valence-electron chi connectivity index (χ3n) is 3.17. The molecule has 1 unspecified atom stereocenters. The van der Waals surface area contributed by atoms with Gasteiger partial charge in [-0.2, -0.15) is 0 Å². The molecule has 0 amide bonds. The van der Waals surface area contributed by atoms with Crippen molar-refractivity contribution in [2.75, 3.05) is 13.2 Å². The number of aliphatic hydroxyl groups is 1. The van der Waals surface area contributed by atoms with E-state index < -0.39 is 6.10 Å². The molecule has 7 heteroatoms. The maximum Gasteiger partial charge on any atom is 0.179 e. The highest BCUT2D eigenvalue weighted by Gasteiger charge is 2.21. The summed E-state index contributed by atoms with van der Waals surface area (Å²) in [5.74, 6) is 1.09. The Morgan fingerprint density at radius 3 is 2.90 bits per heavy atom. The minimum atomic E-state index is -0.871. The Morgan fingerprint density at radius 1 is 1.35 bits per heavy atom. The minimum Gasteiger partial charge on any atom is -0.489 e. The highest BCUT2D eigenvalue weighted by molar-refractivity contribution is 6.32. The Hall–Kier alpha value is -1.79. The van der Waals surface area contributed by atoms with Crippen molar-refractivity contribution in [3.63, 3.8) is 0 Å². The number of ether oxygens (including phenoxy) is 2. The summed E-state index contributed by atoms with van der Waals surface area (Å²) in [6.07, 6.45) is 1.44. The summed E-state index contributed by atoms with van der Waals surface area (Å²) in [4.78, 5) is 0. The second kappa shape index (κ2) is 5.30. The van der Waals surface area contributed by atoms with Gasteiger partial charge in [0.15, 0.2) is 11.5 Å². The van der Waals surface area contributed by atoms with Gasteiger partial charge in [0, 0.05) is 13.5 Å². The SMILES string of the molecule is Cn1nncc1C(O)c1cc(Cl)c2c(c1)OCCCO2. The van der Waals surface area contributed by atoms with E-state index in [4.69, 9.17) is 21.1 Å². The molecular weight excluding hydrogens is 282 g/mol. The lowest BCUT2D eigenvalue weighted by atomic mass is 10.1. The van der Waals surface area contributed by atoms with E-state index >= 15 is 0 Å². The number of hydrogen-bond acceptors (Lipinski definition) is 5. The van der Waals surface area contributed by atoms with Crippen LogP contribution in [0.2, 0.25) is 5.02 Å². The molecule has 1 atom stereocenters. The van der Waals surface area contributed by atoms with Gasteiger partial charge in [-0.1, -0.05) is 16.8 Å². The van der Waals surface area contributed by atoms with Gasteiger partial charge in [-0.05, 0) is 17.7 Å². The lowest BCUT2D eigenvalue weighted by Crippen LogP contribution is -2.07. The molecule has 0 bridgehead atoms. The fraction of sp³-hybridized carbons (Fsp3) is 0.385. The number of hydrogen-bond donors (Lipinski definition) is 1. The molecule has 0 radical (unpaired) electrons. The van der Waals surface area contributed by atoms with Crippen molar-refractivity contribution < 1.29 is 14.6 Å². The minimum absolute atomic E-state index is 0.425. The van der Waals surface area contributed by atoms with Crippen LogP contribution in [0.4, 0.5) is 0 Å². The Morgan fingerprint density at radius 2 is 2.15 bits per heavy atom. The Kier molecular flexibility index (Phi) is 3.50. The summed E-state index contributed by atoms with van der Waals surface area (Å²) in [5.41, 5.74) is 1.19. The number of halogens is 1. The molecule has 3 rings (SSSR count). The highest BCUT2D eigenvalue weighted by Crippen LogP contribution is 2.40. The van der Waals surface area contributed by atoms with E-state index in [1.165, 1.54) is 10.9 Å². The molecule has 0 fully saturated rings. The maximum atomic E-state index is 10.4. The topological polar surface area (TPSA) is 69.4 Å². The average molecular weight is 296 g/mol. The standard InChI is InChI=1S/C13H14ClN3O3/c1-17-10(7-15-16-17)12(18)8-5-9(14)13-11(6-8)19-3-2-4-20-13/h5-7,12,18H,2-4H2,1H3. The summed E-state index contributed by atoms with van der Waals surface area (Å²) < 4.78 is 12.7. The van der Waals surface area contributed by atoms with Crippen LogP contribution in [0.1, 0.15) is 23.8 Å². The van der Waals surface area contributed by atoms with Gasteiger partial charge in [-0.25, -0.2) is 4.68 Å². The molecule has 1 aromatic carbocycles. The number of aryl methyl sites for hydroxylation is 1. The molecule has 0 saturated heterocycles. The van der Waals surface area contributed by atoms with Crippen LogP contribution in [0.25, 0.3) is 0 Å². The first-order valence-electron chi connectivity index (χ1n) is 6.28. The third kappa shape index (κ3) is 2.32. The van der Waals surface area contributed by atoms with Crippen molar-refractivity contribution in [3.8, 4) is 11.5 Å². The van der Waals surface area contributed by atoms with E-state index in [1.807, 2.05) is 0 Å². The van der Waals surface area contributed by atoms with Gasteiger partial charge in [0.05, 0.1) is 30.1 Å². The Balaban J connectivity index is 2.01. The smallest absolute Gasteiger partial charge is 0.179 e. The number of nitrogens with zero attached hydrogens (tertiary/aromatic N) is 3. The molecule has 1 N–H and O–H groups in total. The van der Waals surface area contributed by atoms with Crippen LogP contribution in [0, 0.1) is 0 Å². The van der Waals surface area contributed by atoms with Crippen LogP contribution >= 0.6 is 11.6 Å². The van der Waals surface area contributed by atoms with Crippen LogP contribution in [0.15, 0.2) is 18.3 Å². The van der Waals surface area contributed by atoms with E-state index in [-0.39, 0.29) is 0 Å². The zero-order valence-corrected chi connectivity index (χ0v) is 11.7. The third-order valence-corrected chi connectivity index (χ3v) is 3.45. The van der Waals surface area contributed by atoms with Gasteiger partial charge in [0.25, 0.3) is 0 Å². The van der Waals surface area contributed by atoms with Gasteiger partial charge in [-0.3, -0.25) is 0 Å². The second-order valence-corrected chi connectivity index (χ2v) is 4.97. The fourth-order valence-corrected chi connectivity index (χ4v) is 2.40. The van der Waals surface area contributed by atoms with Gasteiger partial charge in [0.1, 0.15) is 6.10 Å². The largest absolute Gasteiger partial charge is 0.489 e. The number of fused-ring (bicyclic) bond motifs is 1. The first-order chi connectivity index (χ1) is 9.66. The van der Waals surface area contributed by atoms with Gasteiger partial charge in [0.2, 0.25) is 0 Å². The van der Waals surface area contributed by atoms with Crippen molar-refractivity contribution in [2.45, 2.75) is 12.5 Å². The molecule has 1 aliphatic heterocycles. The van der Waals surface area contributed by atoms with Crippen LogP contribution < -0.4 is 9.47 Å². The van der Waals surface area contributed by atoms with Crippen molar-refractivity contribution >= 4 is 11.6 Å². The van der Waals surface area contributed by atoms with E-state index in [2.05, 4.69) is 10.3 Å². The van der Waals surface area contributed by atoms with Crippen molar-refractivity contribution in [2.24, 2.45) is 7.05 Å². The quantitative estimate of drug-likeness (QED) is 0.913. The lowest BCUT2D eigenvalue weighted by Gasteiger charge is -2.15. The van der Waals surface area contributed by atoms with E-state index in [9.17, 15) is 5.11 Å². The summed E-state index contributed by atoms with van der Waals surface area (Å²) in [7, 11) is 1.72. The number of aromatic nitrogens is 3. The maximum absolute atomic E-state index is 10.4. The summed E-state index contributed by atoms with van der Waals surface area (Å²) >= 11 is 6.21. The first-order valence-corrected chi connectivity index (χ1v) is 6.66. The average Bonchev–Trinajstić information content (AvgIpc) is 2.72. The molecule has 2 heterocycles. The molecular formula is C13H14ClN3O3. The number of benzene rings is 1. The lowest BCUT2D eigenvalue weighted by molar-refractivity contribution is 0.209. The molecule has 20 heavy (non-hydrogen) atoms. The van der Waals surface area contributed by atoms with Crippen molar-refractivity contribution in [3.05, 3.63) is 34.6 Å². The summed E-state index contributed by atoms with van der Waals surface area (Å²) in [6.45, 7) is 1.14. The Bertz CT molecular complexity index is 629. The van der Waals surface area contributed by atoms with E-state index in [0.29, 0.717) is 41.0 Å². The normalized spacial score (nSPS) is 15.8. The summed E-state index contributed by atoms with van der Waals surface area (Å²) in [5, 5.41) is 18.4. The monoisotopic (exact) mass is 295 g/mol. The molecule has 0 spiro atoms. The zero-order valence-electron chi connectivity index (χ0n) is 10.9. The summed E-state index contributed by atoms with van der Waals surface area (Å²) in [6, 6.07) is 3.41. The van der Waals surface area contributed by atoms with Crippen molar-refractivity contribution in [1.29, 1.82) is 0 Å². The first kappa shape index (κ1) is 13.2. The second-order valence-electron chi connectivity index (χ2n) is 4.57. The molecule has 1 aliphatic rings. The van der Waals surface area contributed by atoms with Crippen LogP contribution in [0.3, 0.4) is 0 Å². The van der Waals surface area contributed by atoms with E-state index in [1.54, 1.807) is 19.2 Å². The van der Waals surface area contributed by atoms with Crippen molar-refractivity contribution in [1.82, 2.24) is 15.0 Å². The van der Waals surface area contributed by atoms with E-state index in [0.717, 1.165) is 6.42 Å². The number of rotatable bonds is 2. The molecule has 6 nitrogen and oxygen atoms in total. The van der Waals surface area contributed by atoms with Gasteiger partial charge < -0.3 is 14.6 Å².